The number of benzene rings is 1. The van der Waals surface area contributed by atoms with Gasteiger partial charge in [-0.15, -0.1) is 0 Å². The molecule has 14 N–H and O–H groups in total. The number of guanidine groups is 1. The molecular formula is C36H51N13O7. The molecule has 2 aromatic heterocycles. The van der Waals surface area contributed by atoms with E-state index in [0.29, 0.717) is 24.1 Å². The van der Waals surface area contributed by atoms with E-state index >= 15 is 0 Å². The average molecular weight is 778 g/mol. The quantitative estimate of drug-likeness (QED) is 0.0629. The monoisotopic (exact) mass is 777 g/mol. The molecule has 4 rings (SSSR count). The molecule has 20 heteroatoms. The fraction of sp³-hybridized carbons (Fsp3) is 0.472. The van der Waals surface area contributed by atoms with Gasteiger partial charge in [-0.2, -0.15) is 0 Å². The predicted octanol–water partition coefficient (Wildman–Crippen LogP) is -2.26. The van der Waals surface area contributed by atoms with Gasteiger partial charge >= 0.3 is 0 Å². The fourth-order valence-corrected chi connectivity index (χ4v) is 6.12. The van der Waals surface area contributed by atoms with Gasteiger partial charge < -0.3 is 59.1 Å². The Labute approximate surface area is 322 Å². The number of primary amides is 1. The van der Waals surface area contributed by atoms with Gasteiger partial charge in [0.1, 0.15) is 30.2 Å². The van der Waals surface area contributed by atoms with Crippen molar-refractivity contribution in [2.75, 3.05) is 13.1 Å². The minimum Gasteiger partial charge on any atom is -0.370 e. The van der Waals surface area contributed by atoms with Crippen LogP contribution in [0.25, 0.3) is 10.9 Å². The van der Waals surface area contributed by atoms with Crippen molar-refractivity contribution in [2.45, 2.75) is 94.9 Å². The Morgan fingerprint density at radius 1 is 0.804 bits per heavy atom. The summed E-state index contributed by atoms with van der Waals surface area (Å²) in [6, 6.07) is 1.49. The highest BCUT2D eigenvalue weighted by Gasteiger charge is 2.32. The van der Waals surface area contributed by atoms with E-state index in [1.165, 1.54) is 19.4 Å². The molecule has 1 aliphatic rings. The number of H-pyrrole nitrogens is 2. The number of imidazole rings is 1. The van der Waals surface area contributed by atoms with E-state index in [4.69, 9.17) is 17.2 Å². The summed E-state index contributed by atoms with van der Waals surface area (Å²) in [6.07, 6.45) is 5.48. The van der Waals surface area contributed by atoms with Crippen molar-refractivity contribution >= 4 is 58.2 Å². The number of para-hydroxylation sites is 1. The SMILES string of the molecule is C[C@@H]1NC(=O)[C@H](Cc2cnc[nH]2)NC(=O)CCC(=O)NCCCC[C@@H](C(N)=O)NC(=O)[C@H](Cc2c[nH]c3ccccc23)NC(=O)[C@H](CCCN=C(N)N)NC1=O. The number of aromatic nitrogens is 3. The molecule has 1 fully saturated rings. The Kier molecular flexibility index (Phi) is 15.7. The highest BCUT2D eigenvalue weighted by Crippen LogP contribution is 2.19. The van der Waals surface area contributed by atoms with Gasteiger partial charge in [0.05, 0.1) is 6.33 Å². The Hall–Kier alpha value is -6.47. The third-order valence-electron chi connectivity index (χ3n) is 9.17. The number of nitrogens with two attached hydrogens (primary N) is 3. The number of aliphatic imine (C=N–C) groups is 1. The summed E-state index contributed by atoms with van der Waals surface area (Å²) >= 11 is 0. The number of nitrogens with one attached hydrogen (secondary N) is 8. The van der Waals surface area contributed by atoms with Crippen LogP contribution in [0.15, 0.2) is 48.0 Å². The van der Waals surface area contributed by atoms with Crippen LogP contribution in [0.1, 0.15) is 63.1 Å². The highest BCUT2D eigenvalue weighted by molar-refractivity contribution is 5.97. The molecule has 0 bridgehead atoms. The third-order valence-corrected chi connectivity index (χ3v) is 9.17. The third kappa shape index (κ3) is 13.1. The molecule has 0 saturated carbocycles. The molecule has 0 unspecified atom stereocenters. The maximum atomic E-state index is 14.0. The summed E-state index contributed by atoms with van der Waals surface area (Å²) in [5, 5.41) is 16.8. The summed E-state index contributed by atoms with van der Waals surface area (Å²) in [4.78, 5) is 107. The zero-order valence-corrected chi connectivity index (χ0v) is 31.2. The number of hydrogen-bond donors (Lipinski definition) is 11. The van der Waals surface area contributed by atoms with Crippen molar-refractivity contribution in [1.29, 1.82) is 0 Å². The first-order valence-corrected chi connectivity index (χ1v) is 18.4. The number of rotatable bonds is 9. The highest BCUT2D eigenvalue weighted by atomic mass is 16.2. The van der Waals surface area contributed by atoms with E-state index in [0.717, 1.165) is 10.9 Å². The van der Waals surface area contributed by atoms with Crippen molar-refractivity contribution in [3.05, 3.63) is 54.2 Å². The van der Waals surface area contributed by atoms with Gasteiger partial charge in [-0.05, 0) is 50.7 Å². The predicted molar refractivity (Wildman–Crippen MR) is 205 cm³/mol. The van der Waals surface area contributed by atoms with Crippen LogP contribution in [-0.2, 0) is 46.4 Å². The minimum atomic E-state index is -1.23. The normalized spacial score (nSPS) is 22.8. The molecule has 7 amide bonds. The Bertz CT molecular complexity index is 1870. The van der Waals surface area contributed by atoms with Crippen molar-refractivity contribution in [3.8, 4) is 0 Å². The number of carbonyl (C=O) groups excluding carboxylic acids is 7. The Balaban J connectivity index is 1.63. The molecule has 3 aromatic rings. The number of nitrogens with zero attached hydrogens (tertiary/aromatic N) is 2. The van der Waals surface area contributed by atoms with Gasteiger partial charge in [0.15, 0.2) is 5.96 Å². The van der Waals surface area contributed by atoms with E-state index in [2.05, 4.69) is 51.8 Å². The molecular weight excluding hydrogens is 726 g/mol. The number of hydrogen-bond acceptors (Lipinski definition) is 9. The van der Waals surface area contributed by atoms with Gasteiger partial charge in [-0.25, -0.2) is 4.98 Å². The number of aromatic amines is 2. The number of carbonyl (C=O) groups is 7. The average Bonchev–Trinajstić information content (AvgIpc) is 3.83. The summed E-state index contributed by atoms with van der Waals surface area (Å²) in [6.45, 7) is 1.76. The first-order chi connectivity index (χ1) is 26.8. The van der Waals surface area contributed by atoms with E-state index in [9.17, 15) is 33.6 Å². The minimum absolute atomic E-state index is 0.000109. The molecule has 1 aromatic carbocycles. The van der Waals surface area contributed by atoms with Crippen molar-refractivity contribution < 1.29 is 33.6 Å². The van der Waals surface area contributed by atoms with Gasteiger partial charge in [0.2, 0.25) is 41.4 Å². The van der Waals surface area contributed by atoms with Gasteiger partial charge in [-0.3, -0.25) is 38.6 Å². The molecule has 1 saturated heterocycles. The van der Waals surface area contributed by atoms with E-state index in [1.54, 1.807) is 6.20 Å². The van der Waals surface area contributed by atoms with Gasteiger partial charge in [0, 0.05) is 67.8 Å². The van der Waals surface area contributed by atoms with Crippen LogP contribution in [-0.4, -0.2) is 106 Å². The lowest BCUT2D eigenvalue weighted by atomic mass is 10.0. The molecule has 302 valence electrons. The fourth-order valence-electron chi connectivity index (χ4n) is 6.12. The zero-order chi connectivity index (χ0) is 40.6. The standard InChI is InChI=1S/C36H51N13O7/c1-20-32(53)48-26(10-6-14-42-36(38)39)33(54)49-27(15-21-17-43-24-8-3-2-7-23(21)24)35(56)47-25(31(37)52)9-4-5-13-41-29(50)11-12-30(51)46-28(34(55)45-20)16-22-18-40-19-44-22/h2-3,7-8,17-20,25-28,43H,4-6,9-16H2,1H3,(H2,37,52)(H,40,44)(H,41,50)(H,45,55)(H,46,51)(H,47,56)(H,48,53)(H,49,54)(H4,38,39,42)/t20-,25-,26-,27-,28-/m0/s1. The van der Waals surface area contributed by atoms with Crippen LogP contribution < -0.4 is 49.1 Å². The summed E-state index contributed by atoms with van der Waals surface area (Å²) < 4.78 is 0. The van der Waals surface area contributed by atoms with E-state index < -0.39 is 71.6 Å². The molecule has 1 aliphatic heterocycles. The molecule has 5 atom stereocenters. The van der Waals surface area contributed by atoms with E-state index in [1.807, 2.05) is 24.3 Å². The van der Waals surface area contributed by atoms with Crippen molar-refractivity contribution in [1.82, 2.24) is 46.9 Å². The first kappa shape index (κ1) is 42.3. The van der Waals surface area contributed by atoms with Crippen LogP contribution >= 0.6 is 0 Å². The first-order valence-electron chi connectivity index (χ1n) is 18.4. The van der Waals surface area contributed by atoms with Gasteiger partial charge in [0.25, 0.3) is 0 Å². The second-order valence-corrected chi connectivity index (χ2v) is 13.6. The van der Waals surface area contributed by atoms with Crippen LogP contribution in [0.4, 0.5) is 0 Å². The molecule has 3 heterocycles. The number of amides is 7. The zero-order valence-electron chi connectivity index (χ0n) is 31.2. The second kappa shape index (κ2) is 20.8. The van der Waals surface area contributed by atoms with Crippen LogP contribution in [0.5, 0.6) is 0 Å². The summed E-state index contributed by atoms with van der Waals surface area (Å²) in [7, 11) is 0. The largest absolute Gasteiger partial charge is 0.370 e. The lowest BCUT2D eigenvalue weighted by Gasteiger charge is -2.26. The smallest absolute Gasteiger partial charge is 0.243 e. The molecule has 0 spiro atoms. The molecule has 0 aliphatic carbocycles. The van der Waals surface area contributed by atoms with Gasteiger partial charge in [-0.1, -0.05) is 18.2 Å². The van der Waals surface area contributed by atoms with Crippen LogP contribution in [0.3, 0.4) is 0 Å². The maximum absolute atomic E-state index is 14.0. The second-order valence-electron chi connectivity index (χ2n) is 13.6. The van der Waals surface area contributed by atoms with Crippen LogP contribution in [0, 0.1) is 0 Å². The van der Waals surface area contributed by atoms with Crippen LogP contribution in [0.2, 0.25) is 0 Å². The topological polar surface area (TPSA) is 327 Å². The summed E-state index contributed by atoms with van der Waals surface area (Å²) in [5.41, 5.74) is 18.6. The number of fused-ring (bicyclic) bond motifs is 1. The Morgan fingerprint density at radius 3 is 2.23 bits per heavy atom. The lowest BCUT2D eigenvalue weighted by Crippen LogP contribution is -2.59. The Morgan fingerprint density at radius 2 is 1.50 bits per heavy atom. The lowest BCUT2D eigenvalue weighted by molar-refractivity contribution is -0.135. The van der Waals surface area contributed by atoms with E-state index in [-0.39, 0.29) is 64.0 Å². The van der Waals surface area contributed by atoms with Crippen molar-refractivity contribution in [2.24, 2.45) is 22.2 Å². The molecule has 0 radical (unpaired) electrons. The molecule has 56 heavy (non-hydrogen) atoms. The van der Waals surface area contributed by atoms with Crippen molar-refractivity contribution in [3.63, 3.8) is 0 Å². The maximum Gasteiger partial charge on any atom is 0.243 e. The molecule has 20 nitrogen and oxygen atoms in total. The summed E-state index contributed by atoms with van der Waals surface area (Å²) in [5.74, 6) is -4.78.